The van der Waals surface area contributed by atoms with E-state index in [-0.39, 0.29) is 22.1 Å². The highest BCUT2D eigenvalue weighted by molar-refractivity contribution is 7.71. The lowest BCUT2D eigenvalue weighted by Gasteiger charge is -2.17. The lowest BCUT2D eigenvalue weighted by Crippen LogP contribution is -2.18. The molecule has 0 saturated heterocycles. The molecule has 0 bridgehead atoms. The number of aromatic nitrogens is 2. The molecule has 1 aromatic heterocycles. The highest BCUT2D eigenvalue weighted by atomic mass is 32.1. The highest BCUT2D eigenvalue weighted by Crippen LogP contribution is 2.28. The monoisotopic (exact) mass is 469 g/mol. The second kappa shape index (κ2) is 10.4. The molecule has 1 heterocycles. The van der Waals surface area contributed by atoms with E-state index in [2.05, 4.69) is 34.2 Å². The van der Waals surface area contributed by atoms with E-state index < -0.39 is 5.56 Å². The van der Waals surface area contributed by atoms with Gasteiger partial charge < -0.3 is 5.11 Å². The first-order chi connectivity index (χ1) is 16.5. The highest BCUT2D eigenvalue weighted by Gasteiger charge is 2.15. The number of aliphatic imine (C=N–C) groups is 1. The van der Waals surface area contributed by atoms with Crippen molar-refractivity contribution in [2.75, 3.05) is 6.54 Å². The van der Waals surface area contributed by atoms with Crippen LogP contribution in [-0.2, 0) is 0 Å². The van der Waals surface area contributed by atoms with Crippen molar-refractivity contribution in [3.63, 3.8) is 0 Å². The number of aryl methyl sites for hydroxylation is 2. The van der Waals surface area contributed by atoms with Gasteiger partial charge in [0.1, 0.15) is 5.56 Å². The van der Waals surface area contributed by atoms with E-state index >= 15 is 0 Å². The molecule has 4 rings (SSSR count). The van der Waals surface area contributed by atoms with E-state index in [0.717, 1.165) is 17.5 Å². The third-order valence-electron chi connectivity index (χ3n) is 6.04. The zero-order valence-corrected chi connectivity index (χ0v) is 20.0. The first-order valence-electron chi connectivity index (χ1n) is 11.2. The zero-order chi connectivity index (χ0) is 24.1. The predicted molar refractivity (Wildman–Crippen MR) is 140 cm³/mol. The topological polar surface area (TPSA) is 70.4 Å². The van der Waals surface area contributed by atoms with Gasteiger partial charge >= 0.3 is 0 Å². The Bertz CT molecular complexity index is 1380. The fourth-order valence-electron chi connectivity index (χ4n) is 4.02. The third-order valence-corrected chi connectivity index (χ3v) is 6.33. The van der Waals surface area contributed by atoms with Crippen molar-refractivity contribution >= 4 is 18.4 Å². The Morgan fingerprint density at radius 1 is 0.971 bits per heavy atom. The van der Waals surface area contributed by atoms with Gasteiger partial charge in [0.15, 0.2) is 4.77 Å². The summed E-state index contributed by atoms with van der Waals surface area (Å²) in [5.41, 5.74) is 4.93. The first-order valence-corrected chi connectivity index (χ1v) is 11.6. The normalized spacial score (nSPS) is 11.4. The van der Waals surface area contributed by atoms with Crippen molar-refractivity contribution in [2.24, 2.45) is 4.99 Å². The van der Waals surface area contributed by atoms with Crippen LogP contribution in [0.25, 0.3) is 5.69 Å². The zero-order valence-electron chi connectivity index (χ0n) is 19.2. The Morgan fingerprint density at radius 3 is 2.18 bits per heavy atom. The SMILES string of the molecule is Cc1ccc(-n2c(O)c(C=NCCC(c3ccccc3)c3ccccc3)c(=O)[nH]c2=S)cc1C. The van der Waals surface area contributed by atoms with Crippen molar-refractivity contribution in [2.45, 2.75) is 26.2 Å². The Balaban J connectivity index is 1.60. The molecule has 5 nitrogen and oxygen atoms in total. The summed E-state index contributed by atoms with van der Waals surface area (Å²) in [6.45, 7) is 4.50. The quantitative estimate of drug-likeness (QED) is 0.263. The van der Waals surface area contributed by atoms with Crippen LogP contribution in [0, 0.1) is 18.6 Å². The van der Waals surface area contributed by atoms with E-state index in [1.165, 1.54) is 21.9 Å². The molecule has 3 aromatic carbocycles. The van der Waals surface area contributed by atoms with Gasteiger partial charge in [-0.15, -0.1) is 0 Å². The van der Waals surface area contributed by atoms with Gasteiger partial charge in [0.2, 0.25) is 5.88 Å². The standard InChI is InChI=1S/C28H27N3O2S/c1-19-13-14-23(17-20(19)2)31-27(33)25(26(32)30-28(31)34)18-29-16-15-24(21-9-5-3-6-10-21)22-11-7-4-8-12-22/h3-14,17-18,24,33H,15-16H2,1-2H3,(H,30,32,34). The minimum atomic E-state index is -0.464. The van der Waals surface area contributed by atoms with Crippen LogP contribution in [-0.4, -0.2) is 27.4 Å². The number of nitrogens with zero attached hydrogens (tertiary/aromatic N) is 2. The summed E-state index contributed by atoms with van der Waals surface area (Å²) < 4.78 is 1.59. The van der Waals surface area contributed by atoms with Crippen LogP contribution in [0.15, 0.2) is 88.6 Å². The van der Waals surface area contributed by atoms with Gasteiger partial charge in [-0.25, -0.2) is 0 Å². The summed E-state index contributed by atoms with van der Waals surface area (Å²) in [6.07, 6.45) is 2.20. The molecule has 0 spiro atoms. The van der Waals surface area contributed by atoms with E-state index in [9.17, 15) is 9.90 Å². The molecule has 2 N–H and O–H groups in total. The van der Waals surface area contributed by atoms with Gasteiger partial charge in [-0.1, -0.05) is 66.7 Å². The van der Waals surface area contributed by atoms with Gasteiger partial charge in [0.05, 0.1) is 5.69 Å². The predicted octanol–water partition coefficient (Wildman–Crippen LogP) is 5.86. The molecule has 0 aliphatic heterocycles. The molecular weight excluding hydrogens is 442 g/mol. The smallest absolute Gasteiger partial charge is 0.264 e. The van der Waals surface area contributed by atoms with Gasteiger partial charge in [-0.3, -0.25) is 19.3 Å². The van der Waals surface area contributed by atoms with E-state index in [0.29, 0.717) is 12.2 Å². The second-order valence-corrected chi connectivity index (χ2v) is 8.69. The van der Waals surface area contributed by atoms with Crippen LogP contribution >= 0.6 is 12.2 Å². The second-order valence-electron chi connectivity index (χ2n) is 8.30. The maximum Gasteiger partial charge on any atom is 0.264 e. The van der Waals surface area contributed by atoms with Crippen LogP contribution in [0.4, 0.5) is 0 Å². The number of hydrogen-bond donors (Lipinski definition) is 2. The van der Waals surface area contributed by atoms with Crippen LogP contribution < -0.4 is 5.56 Å². The van der Waals surface area contributed by atoms with Gasteiger partial charge in [-0.05, 0) is 66.9 Å². The van der Waals surface area contributed by atoms with Crippen molar-refractivity contribution in [1.29, 1.82) is 0 Å². The third kappa shape index (κ3) is 5.07. The summed E-state index contributed by atoms with van der Waals surface area (Å²) in [7, 11) is 0. The fourth-order valence-corrected chi connectivity index (χ4v) is 4.30. The number of hydrogen-bond acceptors (Lipinski definition) is 4. The largest absolute Gasteiger partial charge is 0.494 e. The lowest BCUT2D eigenvalue weighted by atomic mass is 9.89. The van der Waals surface area contributed by atoms with Crippen LogP contribution in [0.2, 0.25) is 0 Å². The van der Waals surface area contributed by atoms with Crippen LogP contribution in [0.3, 0.4) is 0 Å². The number of aromatic hydroxyl groups is 1. The molecule has 0 unspecified atom stereocenters. The van der Waals surface area contributed by atoms with Crippen LogP contribution in [0.5, 0.6) is 5.88 Å². The summed E-state index contributed by atoms with van der Waals surface area (Å²) in [4.78, 5) is 19.7. The van der Waals surface area contributed by atoms with Crippen molar-refractivity contribution < 1.29 is 5.11 Å². The fraction of sp³-hybridized carbons (Fsp3) is 0.179. The molecule has 0 aliphatic carbocycles. The van der Waals surface area contributed by atoms with E-state index in [1.54, 1.807) is 0 Å². The Morgan fingerprint density at radius 2 is 1.59 bits per heavy atom. The van der Waals surface area contributed by atoms with Gasteiger partial charge in [0.25, 0.3) is 5.56 Å². The average molecular weight is 470 g/mol. The molecule has 0 aliphatic rings. The van der Waals surface area contributed by atoms with E-state index in [4.69, 9.17) is 12.2 Å². The summed E-state index contributed by atoms with van der Waals surface area (Å²) in [6, 6.07) is 26.4. The molecule has 172 valence electrons. The molecule has 0 atom stereocenters. The Hall–Kier alpha value is -3.77. The van der Waals surface area contributed by atoms with E-state index in [1.807, 2.05) is 68.4 Å². The lowest BCUT2D eigenvalue weighted by molar-refractivity contribution is 0.432. The number of aromatic amines is 1. The minimum absolute atomic E-state index is 0.0859. The number of nitrogens with one attached hydrogen (secondary N) is 1. The maximum atomic E-state index is 12.5. The Kier molecular flexibility index (Phi) is 7.18. The summed E-state index contributed by atoms with van der Waals surface area (Å²) >= 11 is 5.33. The molecule has 6 heteroatoms. The summed E-state index contributed by atoms with van der Waals surface area (Å²) in [5.74, 6) is -0.0367. The molecule has 0 saturated carbocycles. The average Bonchev–Trinajstić information content (AvgIpc) is 2.84. The number of rotatable bonds is 7. The minimum Gasteiger partial charge on any atom is -0.494 e. The Labute approximate surface area is 204 Å². The number of benzene rings is 3. The van der Waals surface area contributed by atoms with Crippen molar-refractivity contribution in [1.82, 2.24) is 9.55 Å². The van der Waals surface area contributed by atoms with Gasteiger partial charge in [0, 0.05) is 18.7 Å². The molecule has 0 fully saturated rings. The number of H-pyrrole nitrogens is 1. The summed E-state index contributed by atoms with van der Waals surface area (Å²) in [5, 5.41) is 10.9. The molecule has 0 amide bonds. The van der Waals surface area contributed by atoms with Gasteiger partial charge in [-0.2, -0.15) is 0 Å². The molecule has 34 heavy (non-hydrogen) atoms. The first kappa shape index (κ1) is 23.4. The molecular formula is C28H27N3O2S. The van der Waals surface area contributed by atoms with Crippen molar-refractivity contribution in [3.05, 3.63) is 122 Å². The van der Waals surface area contributed by atoms with Crippen LogP contribution in [0.1, 0.15) is 40.2 Å². The molecule has 0 radical (unpaired) electrons. The maximum absolute atomic E-state index is 12.5. The van der Waals surface area contributed by atoms with Crippen molar-refractivity contribution in [3.8, 4) is 11.6 Å². The molecule has 4 aromatic rings.